The second-order valence-electron chi connectivity index (χ2n) is 6.75. The van der Waals surface area contributed by atoms with Gasteiger partial charge in [-0.1, -0.05) is 49.9 Å². The molecule has 158 valence electrons. The van der Waals surface area contributed by atoms with Crippen molar-refractivity contribution >= 4 is 15.8 Å². The molecule has 0 amide bonds. The molecule has 0 bridgehead atoms. The molecule has 4 nitrogen and oxygen atoms in total. The molecule has 2 rings (SSSR count). The van der Waals surface area contributed by atoms with Gasteiger partial charge < -0.3 is 4.18 Å². The summed E-state index contributed by atoms with van der Waals surface area (Å²) in [5, 5.41) is 0. The summed E-state index contributed by atoms with van der Waals surface area (Å²) in [5.74, 6) is -0.400. The molecule has 1 aliphatic rings. The van der Waals surface area contributed by atoms with E-state index in [-0.39, 0.29) is 6.04 Å². The maximum Gasteiger partial charge on any atom is 0.534 e. The van der Waals surface area contributed by atoms with Gasteiger partial charge in [-0.3, -0.25) is 4.99 Å². The first-order chi connectivity index (χ1) is 13.5. The molecule has 0 fully saturated rings. The summed E-state index contributed by atoms with van der Waals surface area (Å²) in [6.07, 6.45) is 8.81. The van der Waals surface area contributed by atoms with Crippen LogP contribution in [0.4, 0.5) is 13.2 Å². The van der Waals surface area contributed by atoms with E-state index < -0.39 is 26.8 Å². The van der Waals surface area contributed by atoms with Crippen LogP contribution in [0, 0.1) is 0 Å². The third-order valence-electron chi connectivity index (χ3n) is 4.78. The third kappa shape index (κ3) is 4.47. The Balaban J connectivity index is 2.56. The molecule has 1 aliphatic heterocycles. The minimum Gasteiger partial charge on any atom is -0.376 e. The molecule has 0 saturated heterocycles. The van der Waals surface area contributed by atoms with Crippen molar-refractivity contribution in [1.82, 2.24) is 0 Å². The first kappa shape index (κ1) is 22.9. The van der Waals surface area contributed by atoms with E-state index in [0.29, 0.717) is 12.8 Å². The third-order valence-corrected chi connectivity index (χ3v) is 5.76. The van der Waals surface area contributed by atoms with Crippen molar-refractivity contribution in [2.75, 3.05) is 0 Å². The monoisotopic (exact) mass is 427 g/mol. The average Bonchev–Trinajstić information content (AvgIpc) is 2.98. The number of aliphatic imine (C=N–C) groups is 1. The van der Waals surface area contributed by atoms with Crippen molar-refractivity contribution in [3.8, 4) is 5.75 Å². The van der Waals surface area contributed by atoms with Crippen LogP contribution < -0.4 is 4.18 Å². The summed E-state index contributed by atoms with van der Waals surface area (Å²) in [6.45, 7) is 9.68. The van der Waals surface area contributed by atoms with Gasteiger partial charge in [0.2, 0.25) is 0 Å². The summed E-state index contributed by atoms with van der Waals surface area (Å²) in [5.41, 5.74) is -3.35. The number of halogens is 3. The number of alkyl halides is 3. The quantitative estimate of drug-likeness (QED) is 0.329. The largest absolute Gasteiger partial charge is 0.534 e. The van der Waals surface area contributed by atoms with Gasteiger partial charge in [0.1, 0.15) is 5.75 Å². The molecule has 1 aromatic rings. The van der Waals surface area contributed by atoms with Crippen LogP contribution >= 0.6 is 0 Å². The highest BCUT2D eigenvalue weighted by Gasteiger charge is 2.49. The summed E-state index contributed by atoms with van der Waals surface area (Å²) in [7, 11) is -5.72. The number of hydrogen-bond acceptors (Lipinski definition) is 4. The Kier molecular flexibility index (Phi) is 6.78. The van der Waals surface area contributed by atoms with Gasteiger partial charge in [-0.15, -0.1) is 0 Å². The van der Waals surface area contributed by atoms with Crippen LogP contribution in [-0.4, -0.2) is 25.7 Å². The molecule has 0 saturated carbocycles. The normalized spacial score (nSPS) is 23.3. The van der Waals surface area contributed by atoms with Crippen molar-refractivity contribution in [2.24, 2.45) is 4.99 Å². The van der Waals surface area contributed by atoms with Crippen molar-refractivity contribution in [2.45, 2.75) is 50.6 Å². The van der Waals surface area contributed by atoms with Crippen LogP contribution in [0.1, 0.15) is 39.2 Å². The highest BCUT2D eigenvalue weighted by atomic mass is 32.2. The van der Waals surface area contributed by atoms with Crippen LogP contribution in [0.15, 0.2) is 65.7 Å². The lowest BCUT2D eigenvalue weighted by Gasteiger charge is -2.33. The molecule has 2 unspecified atom stereocenters. The Morgan fingerprint density at radius 1 is 1.34 bits per heavy atom. The lowest BCUT2D eigenvalue weighted by Crippen LogP contribution is -2.35. The maximum atomic E-state index is 12.6. The first-order valence-corrected chi connectivity index (χ1v) is 10.6. The summed E-state index contributed by atoms with van der Waals surface area (Å²) in [6, 6.07) is 5.70. The van der Waals surface area contributed by atoms with E-state index in [1.807, 2.05) is 39.0 Å². The number of hydrogen-bond donors (Lipinski definition) is 0. The lowest BCUT2D eigenvalue weighted by atomic mass is 9.67. The molecule has 1 aromatic carbocycles. The van der Waals surface area contributed by atoms with E-state index in [9.17, 15) is 21.6 Å². The van der Waals surface area contributed by atoms with Crippen molar-refractivity contribution < 1.29 is 25.8 Å². The molecule has 8 heteroatoms. The summed E-state index contributed by atoms with van der Waals surface area (Å²) >= 11 is 0. The van der Waals surface area contributed by atoms with Gasteiger partial charge >= 0.3 is 15.6 Å². The fourth-order valence-corrected chi connectivity index (χ4v) is 4.19. The van der Waals surface area contributed by atoms with Gasteiger partial charge in [0.05, 0.1) is 5.41 Å². The Labute approximate surface area is 169 Å². The predicted octanol–water partition coefficient (Wildman–Crippen LogP) is 5.48. The van der Waals surface area contributed by atoms with Gasteiger partial charge in [0, 0.05) is 11.8 Å². The van der Waals surface area contributed by atoms with Gasteiger partial charge in [-0.05, 0) is 50.0 Å². The van der Waals surface area contributed by atoms with Crippen LogP contribution in [0.5, 0.6) is 5.75 Å². The molecular formula is C21H24F3NO3S. The van der Waals surface area contributed by atoms with Gasteiger partial charge in [0.15, 0.2) is 0 Å². The number of nitrogens with zero attached hydrogens (tertiary/aromatic N) is 1. The van der Waals surface area contributed by atoms with Gasteiger partial charge in [0.25, 0.3) is 0 Å². The fourth-order valence-electron chi connectivity index (χ4n) is 3.73. The Morgan fingerprint density at radius 2 is 1.97 bits per heavy atom. The molecule has 0 aliphatic carbocycles. The highest BCUT2D eigenvalue weighted by molar-refractivity contribution is 7.88. The van der Waals surface area contributed by atoms with Crippen LogP contribution in [0.2, 0.25) is 0 Å². The Hall–Kier alpha value is -2.35. The predicted molar refractivity (Wildman–Crippen MR) is 109 cm³/mol. The number of benzene rings is 1. The van der Waals surface area contributed by atoms with E-state index in [1.165, 1.54) is 12.1 Å². The van der Waals surface area contributed by atoms with E-state index in [1.54, 1.807) is 18.2 Å². The van der Waals surface area contributed by atoms with E-state index in [0.717, 1.165) is 16.8 Å². The zero-order chi connectivity index (χ0) is 21.9. The molecule has 0 radical (unpaired) electrons. The Morgan fingerprint density at radius 3 is 2.45 bits per heavy atom. The van der Waals surface area contributed by atoms with Gasteiger partial charge in [-0.2, -0.15) is 21.6 Å². The molecule has 0 N–H and O–H groups in total. The van der Waals surface area contributed by atoms with Crippen LogP contribution in [0.25, 0.3) is 0 Å². The molecular weight excluding hydrogens is 403 g/mol. The van der Waals surface area contributed by atoms with Crippen molar-refractivity contribution in [3.05, 3.63) is 66.3 Å². The van der Waals surface area contributed by atoms with Crippen LogP contribution in [-0.2, 0) is 15.5 Å². The standard InChI is InChI=1S/C21H24F3NO3S/c1-5-8-16(9-6-2)20(14-15(4)25-19(20)7-3)17-10-12-18(13-11-17)28-29(26,27)21(22,23)24/h5-6,8-13,15H,1,7,14H2,2-4H3/b9-6-,16-8+. The van der Waals surface area contributed by atoms with Gasteiger partial charge in [-0.25, -0.2) is 0 Å². The summed E-state index contributed by atoms with van der Waals surface area (Å²) < 4.78 is 64.4. The highest BCUT2D eigenvalue weighted by Crippen LogP contribution is 2.45. The maximum absolute atomic E-state index is 12.6. The minimum absolute atomic E-state index is 0.0601. The molecule has 0 aromatic heterocycles. The topological polar surface area (TPSA) is 55.7 Å². The smallest absolute Gasteiger partial charge is 0.376 e. The lowest BCUT2D eigenvalue weighted by molar-refractivity contribution is -0.0500. The second kappa shape index (κ2) is 8.57. The zero-order valence-electron chi connectivity index (χ0n) is 16.5. The van der Waals surface area contributed by atoms with E-state index in [4.69, 9.17) is 4.99 Å². The van der Waals surface area contributed by atoms with Crippen molar-refractivity contribution in [3.63, 3.8) is 0 Å². The zero-order valence-corrected chi connectivity index (χ0v) is 17.3. The fraction of sp³-hybridized carbons (Fsp3) is 0.381. The molecule has 0 spiro atoms. The first-order valence-electron chi connectivity index (χ1n) is 9.16. The van der Waals surface area contributed by atoms with E-state index in [2.05, 4.69) is 10.8 Å². The van der Waals surface area contributed by atoms with E-state index >= 15 is 0 Å². The molecule has 1 heterocycles. The number of rotatable bonds is 7. The average molecular weight is 427 g/mol. The minimum atomic E-state index is -5.72. The SMILES string of the molecule is C=C/C=C(\C=C/C)C1(c2ccc(OS(=O)(=O)C(F)(F)F)cc2)CC(C)N=C1CC. The second-order valence-corrected chi connectivity index (χ2v) is 8.29. The van der Waals surface area contributed by atoms with Crippen molar-refractivity contribution in [1.29, 1.82) is 0 Å². The molecule has 2 atom stereocenters. The summed E-state index contributed by atoms with van der Waals surface area (Å²) in [4.78, 5) is 4.77. The molecule has 29 heavy (non-hydrogen) atoms. The Bertz CT molecular complexity index is 944. The number of allylic oxidation sites excluding steroid dienone is 5. The van der Waals surface area contributed by atoms with Crippen LogP contribution in [0.3, 0.4) is 0 Å².